The molecule has 0 aromatic rings. The van der Waals surface area contributed by atoms with Gasteiger partial charge in [-0.1, -0.05) is 408 Å². The van der Waals surface area contributed by atoms with E-state index in [2.05, 4.69) is 41.5 Å². The highest BCUT2D eigenvalue weighted by Gasteiger charge is 2.30. The summed E-state index contributed by atoms with van der Waals surface area (Å²) in [5, 5.41) is 10.7. The fraction of sp³-hybridized carbons (Fsp3) is 0.953. The van der Waals surface area contributed by atoms with Gasteiger partial charge >= 0.3 is 39.5 Å². The van der Waals surface area contributed by atoms with Crippen LogP contribution in [0.3, 0.4) is 0 Å². The SMILES string of the molecule is CCCCCCCCCCCCCCCC(=O)O[C@H](COC(=O)CCCCCCCCCCCCCC)COP(=O)(O)OC[C@H](O)COP(=O)(O)OC[C@@H](COC(=O)CCCCCCCCCCCCCCCCC(C)CC)OC(=O)CCCCCCCCCCCCCCCCCCCCC(C)CC. The first kappa shape index (κ1) is 103. The molecular weight excluding hydrogens is 1370 g/mol. The van der Waals surface area contributed by atoms with Gasteiger partial charge in [0, 0.05) is 25.7 Å². The number of rotatable bonds is 85. The van der Waals surface area contributed by atoms with Gasteiger partial charge in [0.1, 0.15) is 19.3 Å². The van der Waals surface area contributed by atoms with Crippen molar-refractivity contribution >= 4 is 39.5 Å². The molecular formula is C86H168O17P2. The highest BCUT2D eigenvalue weighted by atomic mass is 31.2. The van der Waals surface area contributed by atoms with Gasteiger partial charge in [0.25, 0.3) is 0 Å². The summed E-state index contributed by atoms with van der Waals surface area (Å²) in [7, 11) is -9.93. The summed E-state index contributed by atoms with van der Waals surface area (Å²) in [6.45, 7) is 9.80. The fourth-order valence-corrected chi connectivity index (χ4v) is 14.9. The van der Waals surface area contributed by atoms with E-state index in [0.29, 0.717) is 25.7 Å². The molecule has 0 rings (SSSR count). The van der Waals surface area contributed by atoms with Crippen LogP contribution in [0.4, 0.5) is 0 Å². The van der Waals surface area contributed by atoms with Crippen LogP contribution in [0.2, 0.25) is 0 Å². The molecule has 17 nitrogen and oxygen atoms in total. The van der Waals surface area contributed by atoms with Gasteiger partial charge in [-0.2, -0.15) is 0 Å². The van der Waals surface area contributed by atoms with Crippen LogP contribution in [0.5, 0.6) is 0 Å². The Balaban J connectivity index is 5.23. The van der Waals surface area contributed by atoms with Crippen molar-refractivity contribution in [3.8, 4) is 0 Å². The number of phosphoric acid groups is 2. The zero-order valence-electron chi connectivity index (χ0n) is 69.0. The molecule has 0 heterocycles. The molecule has 0 amide bonds. The molecule has 4 unspecified atom stereocenters. The quantitative estimate of drug-likeness (QED) is 0.0222. The van der Waals surface area contributed by atoms with Gasteiger partial charge in [0.05, 0.1) is 26.4 Å². The third kappa shape index (κ3) is 77.2. The third-order valence-electron chi connectivity index (χ3n) is 20.9. The lowest BCUT2D eigenvalue weighted by molar-refractivity contribution is -0.161. The first-order valence-electron chi connectivity index (χ1n) is 44.6. The molecule has 0 spiro atoms. The van der Waals surface area contributed by atoms with Crippen LogP contribution in [0.25, 0.3) is 0 Å². The number of esters is 4. The largest absolute Gasteiger partial charge is 0.472 e. The van der Waals surface area contributed by atoms with Crippen LogP contribution in [0.15, 0.2) is 0 Å². The predicted molar refractivity (Wildman–Crippen MR) is 432 cm³/mol. The average Bonchev–Trinajstić information content (AvgIpc) is 0.908. The maximum atomic E-state index is 13.2. The number of ether oxygens (including phenoxy) is 4. The third-order valence-corrected chi connectivity index (χ3v) is 22.8. The zero-order chi connectivity index (χ0) is 77.1. The smallest absolute Gasteiger partial charge is 0.462 e. The van der Waals surface area contributed by atoms with Crippen molar-refractivity contribution in [2.45, 2.75) is 477 Å². The van der Waals surface area contributed by atoms with Crippen molar-refractivity contribution in [2.75, 3.05) is 39.6 Å². The second kappa shape index (κ2) is 77.4. The van der Waals surface area contributed by atoms with Crippen molar-refractivity contribution in [3.63, 3.8) is 0 Å². The number of aliphatic hydroxyl groups is 1. The van der Waals surface area contributed by atoms with E-state index in [1.54, 1.807) is 0 Å². The van der Waals surface area contributed by atoms with Gasteiger partial charge in [-0.25, -0.2) is 9.13 Å². The molecule has 0 aromatic carbocycles. The van der Waals surface area contributed by atoms with E-state index in [1.807, 2.05) is 0 Å². The number of phosphoric ester groups is 2. The first-order chi connectivity index (χ1) is 50.9. The standard InChI is InChI=1S/C86H168O17P2/c1-7-11-13-15-17-19-21-31-40-46-52-58-64-70-85(90)102-81(74-96-83(88)68-62-56-50-44-38-22-20-18-16-14-12-8-2)76-100-104(92,93)98-72-80(87)73-99-105(94,95)101-77-82(75-97-84(89)69-63-57-51-45-39-34-30-29-33-37-43-49-55-61-67-79(6)10-4)103-86(91)71-65-59-53-47-41-35-28-26-24-23-25-27-32-36-42-48-54-60-66-78(5)9-3/h78-82,87H,7-77H2,1-6H3,(H,92,93)(H,94,95)/t78?,79?,80-,81+,82+/m0/s1. The van der Waals surface area contributed by atoms with Crippen LogP contribution >= 0.6 is 15.6 Å². The fourth-order valence-electron chi connectivity index (χ4n) is 13.4. The Morgan fingerprint density at radius 1 is 0.267 bits per heavy atom. The highest BCUT2D eigenvalue weighted by molar-refractivity contribution is 7.47. The van der Waals surface area contributed by atoms with Gasteiger partial charge in [0.2, 0.25) is 0 Å². The molecule has 0 bridgehead atoms. The summed E-state index contributed by atoms with van der Waals surface area (Å²) in [4.78, 5) is 73.2. The molecule has 3 N–H and O–H groups in total. The van der Waals surface area contributed by atoms with Crippen molar-refractivity contribution in [1.29, 1.82) is 0 Å². The molecule has 0 saturated heterocycles. The molecule has 19 heteroatoms. The number of carbonyl (C=O) groups excluding carboxylic acids is 4. The minimum absolute atomic E-state index is 0.108. The van der Waals surface area contributed by atoms with Crippen molar-refractivity contribution in [2.24, 2.45) is 11.8 Å². The highest BCUT2D eigenvalue weighted by Crippen LogP contribution is 2.45. The van der Waals surface area contributed by atoms with Gasteiger partial charge in [-0.3, -0.25) is 37.3 Å². The van der Waals surface area contributed by atoms with Crippen LogP contribution in [0.1, 0.15) is 459 Å². The summed E-state index contributed by atoms with van der Waals surface area (Å²) < 4.78 is 68.9. The lowest BCUT2D eigenvalue weighted by Crippen LogP contribution is -2.30. The van der Waals surface area contributed by atoms with Crippen molar-refractivity contribution in [3.05, 3.63) is 0 Å². The molecule has 7 atom stereocenters. The Morgan fingerprint density at radius 3 is 0.676 bits per heavy atom. The Labute approximate surface area is 645 Å². The van der Waals surface area contributed by atoms with E-state index in [9.17, 15) is 43.2 Å². The maximum absolute atomic E-state index is 13.2. The van der Waals surface area contributed by atoms with Crippen LogP contribution in [0, 0.1) is 11.8 Å². The Bertz CT molecular complexity index is 2010. The van der Waals surface area contributed by atoms with Gasteiger partial charge in [0.15, 0.2) is 12.2 Å². The van der Waals surface area contributed by atoms with Gasteiger partial charge in [-0.15, -0.1) is 0 Å². The maximum Gasteiger partial charge on any atom is 0.472 e. The summed E-state index contributed by atoms with van der Waals surface area (Å²) >= 11 is 0. The lowest BCUT2D eigenvalue weighted by atomic mass is 9.99. The minimum Gasteiger partial charge on any atom is -0.462 e. The molecule has 624 valence electrons. The molecule has 0 saturated carbocycles. The molecule has 0 aliphatic heterocycles. The van der Waals surface area contributed by atoms with Gasteiger partial charge < -0.3 is 33.8 Å². The summed E-state index contributed by atoms with van der Waals surface area (Å²) in [5.74, 6) is -0.379. The predicted octanol–water partition coefficient (Wildman–Crippen LogP) is 26.2. The molecule has 0 fully saturated rings. The van der Waals surface area contributed by atoms with Crippen LogP contribution in [-0.4, -0.2) is 96.7 Å². The number of hydrogen-bond acceptors (Lipinski definition) is 15. The second-order valence-corrected chi connectivity index (χ2v) is 34.3. The zero-order valence-corrected chi connectivity index (χ0v) is 70.8. The van der Waals surface area contributed by atoms with E-state index in [1.165, 1.54) is 276 Å². The molecule has 0 radical (unpaired) electrons. The topological polar surface area (TPSA) is 237 Å². The Hall–Kier alpha value is -1.94. The average molecular weight is 1540 g/mol. The summed E-state index contributed by atoms with van der Waals surface area (Å²) in [5.41, 5.74) is 0. The van der Waals surface area contributed by atoms with Gasteiger partial charge in [-0.05, 0) is 37.5 Å². The minimum atomic E-state index is -4.97. The normalized spacial score (nSPS) is 14.3. The number of carbonyl (C=O) groups is 4. The molecule has 105 heavy (non-hydrogen) atoms. The second-order valence-electron chi connectivity index (χ2n) is 31.4. The molecule has 0 aliphatic rings. The summed E-state index contributed by atoms with van der Waals surface area (Å²) in [6, 6.07) is 0. The first-order valence-corrected chi connectivity index (χ1v) is 47.6. The lowest BCUT2D eigenvalue weighted by Gasteiger charge is -2.21. The van der Waals surface area contributed by atoms with E-state index in [4.69, 9.17) is 37.0 Å². The molecule has 0 aliphatic carbocycles. The number of aliphatic hydroxyl groups excluding tert-OH is 1. The van der Waals surface area contributed by atoms with E-state index >= 15 is 0 Å². The Morgan fingerprint density at radius 2 is 0.457 bits per heavy atom. The summed E-state index contributed by atoms with van der Waals surface area (Å²) in [6.07, 6.45) is 69.2. The Kier molecular flexibility index (Phi) is 76.0. The molecule has 0 aromatic heterocycles. The van der Waals surface area contributed by atoms with Crippen LogP contribution in [-0.2, 0) is 65.4 Å². The monoisotopic (exact) mass is 1540 g/mol. The number of unbranched alkanes of at least 4 members (excludes halogenated alkanes) is 53. The number of hydrogen-bond donors (Lipinski definition) is 3. The van der Waals surface area contributed by atoms with Crippen LogP contribution < -0.4 is 0 Å². The van der Waals surface area contributed by atoms with E-state index < -0.39 is 97.5 Å². The van der Waals surface area contributed by atoms with E-state index in [0.717, 1.165) is 102 Å². The van der Waals surface area contributed by atoms with Crippen molar-refractivity contribution in [1.82, 2.24) is 0 Å². The van der Waals surface area contributed by atoms with Crippen molar-refractivity contribution < 1.29 is 80.2 Å². The van der Waals surface area contributed by atoms with E-state index in [-0.39, 0.29) is 25.7 Å².